The number of carbonyl (C=O) groups is 8. The zero-order valence-corrected chi connectivity index (χ0v) is 38.1. The Hall–Kier alpha value is -3.85. The van der Waals surface area contributed by atoms with Crippen LogP contribution in [0.15, 0.2) is 0 Å². The predicted molar refractivity (Wildman–Crippen MR) is 238 cm³/mol. The SMILES string of the molecule is O=C(O)CCCCCCCCCCCCCCCCCCC(=O)NCC1CCC(C(=O)N[C@@H](CCC(=O)N[C@@H](CCC(=O)NCCCC[C@H](NP)C(=O)O)C(=O)O)C(=O)O)CC1. The van der Waals surface area contributed by atoms with Gasteiger partial charge < -0.3 is 41.7 Å². The lowest BCUT2D eigenvalue weighted by Gasteiger charge is -2.28. The number of carbonyl (C=O) groups excluding carboxylic acids is 4. The van der Waals surface area contributed by atoms with Gasteiger partial charge in [-0.25, -0.2) is 9.59 Å². The molecule has 0 heterocycles. The molecule has 17 nitrogen and oxygen atoms in total. The summed E-state index contributed by atoms with van der Waals surface area (Å²) in [5.74, 6) is -6.02. The van der Waals surface area contributed by atoms with Gasteiger partial charge in [-0.15, -0.1) is 0 Å². The molecule has 0 saturated heterocycles. The van der Waals surface area contributed by atoms with Gasteiger partial charge in [-0.05, 0) is 76.5 Å². The van der Waals surface area contributed by atoms with E-state index in [0.717, 1.165) is 38.5 Å². The molecule has 4 atom stereocenters. The highest BCUT2D eigenvalue weighted by molar-refractivity contribution is 7.13. The molecule has 1 aliphatic rings. The lowest BCUT2D eigenvalue weighted by Crippen LogP contribution is -2.46. The van der Waals surface area contributed by atoms with Crippen LogP contribution in [-0.2, 0) is 38.4 Å². The van der Waals surface area contributed by atoms with Crippen molar-refractivity contribution in [2.24, 2.45) is 11.8 Å². The maximum atomic E-state index is 13.0. The van der Waals surface area contributed by atoms with E-state index in [4.69, 9.17) is 10.2 Å². The van der Waals surface area contributed by atoms with E-state index in [2.05, 4.69) is 35.7 Å². The third-order valence-electron chi connectivity index (χ3n) is 11.7. The minimum Gasteiger partial charge on any atom is -0.481 e. The van der Waals surface area contributed by atoms with Crippen LogP contribution in [-0.4, -0.2) is 99.1 Å². The number of aliphatic carboxylic acids is 4. The summed E-state index contributed by atoms with van der Waals surface area (Å²) in [5.41, 5.74) is 0. The van der Waals surface area contributed by atoms with Crippen LogP contribution in [0, 0.1) is 11.8 Å². The normalized spacial score (nSPS) is 16.3. The van der Waals surface area contributed by atoms with Crippen LogP contribution < -0.4 is 26.4 Å². The second kappa shape index (κ2) is 35.6. The average Bonchev–Trinajstić information content (AvgIpc) is 3.23. The van der Waals surface area contributed by atoms with Gasteiger partial charge in [-0.1, -0.05) is 99.3 Å². The Bertz CT molecular complexity index is 1350. The number of hydrogen-bond acceptors (Lipinski definition) is 9. The Morgan fingerprint density at radius 1 is 0.452 bits per heavy atom. The predicted octanol–water partition coefficient (Wildman–Crippen LogP) is 5.83. The Morgan fingerprint density at radius 3 is 1.35 bits per heavy atom. The molecular weight excluding hydrogens is 821 g/mol. The quantitative estimate of drug-likeness (QED) is 0.0260. The molecule has 0 bridgehead atoms. The minimum atomic E-state index is -1.37. The molecular formula is C44H78N5O12P. The fraction of sp³-hybridized carbons (Fsp3) is 0.818. The summed E-state index contributed by atoms with van der Waals surface area (Å²) in [4.78, 5) is 95.4. The van der Waals surface area contributed by atoms with Gasteiger partial charge in [0.2, 0.25) is 23.6 Å². The molecule has 4 amide bonds. The number of carboxylic acids is 4. The second-order valence-corrected chi connectivity index (χ2v) is 17.2. The van der Waals surface area contributed by atoms with E-state index in [1.165, 1.54) is 64.2 Å². The van der Waals surface area contributed by atoms with Gasteiger partial charge in [0.05, 0.1) is 0 Å². The van der Waals surface area contributed by atoms with Gasteiger partial charge >= 0.3 is 23.9 Å². The van der Waals surface area contributed by atoms with E-state index in [9.17, 15) is 48.6 Å². The van der Waals surface area contributed by atoms with Crippen molar-refractivity contribution in [1.29, 1.82) is 0 Å². The van der Waals surface area contributed by atoms with E-state index < -0.39 is 59.7 Å². The lowest BCUT2D eigenvalue weighted by atomic mass is 9.81. The van der Waals surface area contributed by atoms with Crippen molar-refractivity contribution in [3.8, 4) is 0 Å². The van der Waals surface area contributed by atoms with Crippen molar-refractivity contribution in [2.45, 2.75) is 204 Å². The van der Waals surface area contributed by atoms with Crippen LogP contribution in [0.1, 0.15) is 186 Å². The molecule has 1 saturated carbocycles. The summed E-state index contributed by atoms with van der Waals surface area (Å²) >= 11 is 0. The maximum absolute atomic E-state index is 13.0. The Kier molecular flexibility index (Phi) is 32.2. The topological polar surface area (TPSA) is 278 Å². The molecule has 62 heavy (non-hydrogen) atoms. The van der Waals surface area contributed by atoms with Crippen LogP contribution in [0.2, 0.25) is 0 Å². The molecule has 356 valence electrons. The van der Waals surface area contributed by atoms with Gasteiger partial charge in [-0.3, -0.25) is 33.9 Å². The molecule has 0 radical (unpaired) electrons. The molecule has 18 heteroatoms. The summed E-state index contributed by atoms with van der Waals surface area (Å²) in [6, 6.07) is -3.43. The van der Waals surface area contributed by atoms with Crippen LogP contribution in [0.25, 0.3) is 0 Å². The molecule has 1 fully saturated rings. The second-order valence-electron chi connectivity index (χ2n) is 16.9. The van der Waals surface area contributed by atoms with E-state index in [1.807, 2.05) is 0 Å². The summed E-state index contributed by atoms with van der Waals surface area (Å²) in [7, 11) is 2.16. The van der Waals surface area contributed by atoms with Crippen molar-refractivity contribution in [3.63, 3.8) is 0 Å². The molecule has 9 N–H and O–H groups in total. The Labute approximate surface area is 370 Å². The molecule has 1 rings (SSSR count). The van der Waals surface area contributed by atoms with Crippen molar-refractivity contribution in [1.82, 2.24) is 26.4 Å². The van der Waals surface area contributed by atoms with Crippen LogP contribution in [0.5, 0.6) is 0 Å². The highest BCUT2D eigenvalue weighted by Crippen LogP contribution is 2.29. The van der Waals surface area contributed by atoms with Crippen molar-refractivity contribution < 1.29 is 58.8 Å². The van der Waals surface area contributed by atoms with Crippen molar-refractivity contribution in [3.05, 3.63) is 0 Å². The lowest BCUT2D eigenvalue weighted by molar-refractivity contribution is -0.144. The molecule has 0 aromatic heterocycles. The highest BCUT2D eigenvalue weighted by atomic mass is 31.0. The fourth-order valence-corrected chi connectivity index (χ4v) is 8.01. The Balaban J connectivity index is 2.16. The van der Waals surface area contributed by atoms with Gasteiger partial charge in [0.1, 0.15) is 18.1 Å². The number of unbranched alkanes of at least 4 members (excludes halogenated alkanes) is 16. The summed E-state index contributed by atoms with van der Waals surface area (Å²) in [6.07, 6.45) is 22.3. The third kappa shape index (κ3) is 29.5. The first-order chi connectivity index (χ1) is 29.7. The number of carboxylic acid groups (broad SMARTS) is 4. The number of hydrogen-bond donors (Lipinski definition) is 9. The number of rotatable bonds is 39. The number of amides is 4. The molecule has 0 aliphatic heterocycles. The van der Waals surface area contributed by atoms with Gasteiger partial charge in [0.15, 0.2) is 0 Å². The molecule has 1 unspecified atom stereocenters. The average molecular weight is 900 g/mol. The first-order valence-electron chi connectivity index (χ1n) is 23.2. The maximum Gasteiger partial charge on any atom is 0.326 e. The summed E-state index contributed by atoms with van der Waals surface area (Å²) < 4.78 is 0. The van der Waals surface area contributed by atoms with E-state index in [1.54, 1.807) is 0 Å². The van der Waals surface area contributed by atoms with E-state index in [-0.39, 0.29) is 56.4 Å². The standard InChI is InChI=1S/C44H78N5O12P/c50-37(20-15-13-11-9-7-5-3-1-2-4-6-8-10-12-14-16-21-40(53)54)46-31-32-22-24-33(25-23-32)41(55)48-35(43(58)59)27-29-39(52)47-34(42(56)57)26-28-38(51)45-30-18-17-19-36(49-62)44(60)61/h32-36,49H,1-31,62H2,(H,45,51)(H,46,50)(H,47,52)(H,48,55)(H,53,54)(H,56,57)(H,58,59)(H,60,61)/t32?,33?,34-,35-,36-/m0/s1. The van der Waals surface area contributed by atoms with Crippen molar-refractivity contribution >= 4 is 56.9 Å². The summed E-state index contributed by atoms with van der Waals surface area (Å²) in [5, 5.41) is 50.1. The fourth-order valence-electron chi connectivity index (χ4n) is 7.70. The zero-order chi connectivity index (χ0) is 46.0. The molecule has 0 aromatic carbocycles. The Morgan fingerprint density at radius 2 is 0.887 bits per heavy atom. The first kappa shape index (κ1) is 56.2. The molecule has 0 spiro atoms. The van der Waals surface area contributed by atoms with Gasteiger partial charge in [0, 0.05) is 44.7 Å². The zero-order valence-electron chi connectivity index (χ0n) is 36.9. The van der Waals surface area contributed by atoms with Crippen LogP contribution >= 0.6 is 9.39 Å². The number of nitrogens with one attached hydrogen (secondary N) is 5. The monoisotopic (exact) mass is 900 g/mol. The molecule has 1 aliphatic carbocycles. The van der Waals surface area contributed by atoms with Crippen LogP contribution in [0.3, 0.4) is 0 Å². The minimum absolute atomic E-state index is 0.0395. The van der Waals surface area contributed by atoms with Crippen molar-refractivity contribution in [2.75, 3.05) is 13.1 Å². The smallest absolute Gasteiger partial charge is 0.326 e. The first-order valence-corrected chi connectivity index (χ1v) is 23.8. The van der Waals surface area contributed by atoms with Gasteiger partial charge in [-0.2, -0.15) is 0 Å². The molecule has 0 aromatic rings. The van der Waals surface area contributed by atoms with E-state index in [0.29, 0.717) is 57.9 Å². The largest absolute Gasteiger partial charge is 0.481 e. The third-order valence-corrected chi connectivity index (χ3v) is 12.1. The highest BCUT2D eigenvalue weighted by Gasteiger charge is 2.30. The summed E-state index contributed by atoms with van der Waals surface area (Å²) in [6.45, 7) is 0.825. The van der Waals surface area contributed by atoms with Gasteiger partial charge in [0.25, 0.3) is 0 Å². The van der Waals surface area contributed by atoms with Crippen LogP contribution in [0.4, 0.5) is 0 Å². The van der Waals surface area contributed by atoms with E-state index >= 15 is 0 Å².